The molecule has 0 amide bonds. The molecule has 2 nitrogen and oxygen atoms in total. The molecule has 0 radical (unpaired) electrons. The number of hydrogen-bond donors (Lipinski definition) is 0. The topological polar surface area (TPSA) is 26.3 Å². The first-order valence-electron chi connectivity index (χ1n) is 17.4. The van der Waals surface area contributed by atoms with Gasteiger partial charge in [0.1, 0.15) is 0 Å². The molecule has 0 aromatic heterocycles. The molecule has 2 heteroatoms. The van der Waals surface area contributed by atoms with Gasteiger partial charge in [0, 0.05) is 6.42 Å². The van der Waals surface area contributed by atoms with Crippen LogP contribution in [-0.4, -0.2) is 12.6 Å². The summed E-state index contributed by atoms with van der Waals surface area (Å²) in [6.07, 6.45) is 21.9. The monoisotopic (exact) mass is 555 g/mol. The summed E-state index contributed by atoms with van der Waals surface area (Å²) in [7, 11) is 0. The van der Waals surface area contributed by atoms with Gasteiger partial charge in [0.25, 0.3) is 0 Å². The molecule has 3 aliphatic carbocycles. The standard InChI is InChI=1S/C38H66O2/c1-10-11-12-13-14-20-35(39)40-27-16-19-33-31(29(4)5)21-22-34-36(33,7)25-26-37(8)32(23-24-38(34,37)9)30(6)18-15-17-28(2)3/h17,30,32-34H,10-16,18-27H2,1-9H3/t30-,32-,33+,34-,36+,37-,38+/m0/s1. The first-order valence-corrected chi connectivity index (χ1v) is 17.4. The third-order valence-corrected chi connectivity index (χ3v) is 12.7. The van der Waals surface area contributed by atoms with Crippen molar-refractivity contribution in [1.29, 1.82) is 0 Å². The number of carbonyl (C=O) groups excluding carboxylic acids is 1. The summed E-state index contributed by atoms with van der Waals surface area (Å²) in [5, 5.41) is 0. The summed E-state index contributed by atoms with van der Waals surface area (Å²) in [5.74, 6) is 3.12. The average molecular weight is 555 g/mol. The number of allylic oxidation sites excluding steroid dienone is 4. The number of ether oxygens (including phenoxy) is 1. The van der Waals surface area contributed by atoms with Crippen molar-refractivity contribution in [1.82, 2.24) is 0 Å². The predicted octanol–water partition coefficient (Wildman–Crippen LogP) is 11.6. The van der Waals surface area contributed by atoms with E-state index in [4.69, 9.17) is 4.74 Å². The Morgan fingerprint density at radius 2 is 1.68 bits per heavy atom. The SMILES string of the molecule is CCCCCCCC(=O)OCCC[C@@H]1C(=C(C)C)CC[C@H]2[C@]1(C)CC[C@@]1(C)[C@H]([C@@H](C)CCC=C(C)C)CC[C@]21C. The van der Waals surface area contributed by atoms with E-state index in [1.165, 1.54) is 82.6 Å². The maximum atomic E-state index is 12.3. The van der Waals surface area contributed by atoms with Crippen molar-refractivity contribution in [3.63, 3.8) is 0 Å². The van der Waals surface area contributed by atoms with E-state index >= 15 is 0 Å². The molecule has 3 saturated carbocycles. The number of unbranched alkanes of at least 4 members (excludes halogenated alkanes) is 4. The van der Waals surface area contributed by atoms with Crippen LogP contribution in [0.4, 0.5) is 0 Å². The van der Waals surface area contributed by atoms with Crippen molar-refractivity contribution in [2.75, 3.05) is 6.61 Å². The molecule has 0 saturated heterocycles. The Morgan fingerprint density at radius 1 is 0.950 bits per heavy atom. The van der Waals surface area contributed by atoms with Crippen LogP contribution in [0.2, 0.25) is 0 Å². The number of carbonyl (C=O) groups is 1. The van der Waals surface area contributed by atoms with Gasteiger partial charge >= 0.3 is 5.97 Å². The maximum Gasteiger partial charge on any atom is 0.305 e. The first-order chi connectivity index (χ1) is 18.9. The molecule has 0 heterocycles. The quantitative estimate of drug-likeness (QED) is 0.121. The predicted molar refractivity (Wildman–Crippen MR) is 172 cm³/mol. The summed E-state index contributed by atoms with van der Waals surface area (Å²) < 4.78 is 5.74. The molecule has 7 atom stereocenters. The normalized spacial score (nSPS) is 34.1. The number of hydrogen-bond acceptors (Lipinski definition) is 2. The molecule has 0 unspecified atom stereocenters. The van der Waals surface area contributed by atoms with E-state index in [2.05, 4.69) is 68.4 Å². The summed E-state index contributed by atoms with van der Waals surface area (Å²) >= 11 is 0. The highest BCUT2D eigenvalue weighted by atomic mass is 16.5. The van der Waals surface area contributed by atoms with Gasteiger partial charge in [-0.25, -0.2) is 0 Å². The molecule has 0 bridgehead atoms. The van der Waals surface area contributed by atoms with Crippen LogP contribution in [0.1, 0.15) is 165 Å². The van der Waals surface area contributed by atoms with Crippen LogP contribution in [0, 0.1) is 39.9 Å². The lowest BCUT2D eigenvalue weighted by Gasteiger charge is -2.65. The number of fused-ring (bicyclic) bond motifs is 3. The van der Waals surface area contributed by atoms with Gasteiger partial charge in [0.05, 0.1) is 6.61 Å². The fourth-order valence-corrected chi connectivity index (χ4v) is 10.2. The van der Waals surface area contributed by atoms with Crippen LogP contribution < -0.4 is 0 Å². The Labute approximate surface area is 249 Å². The maximum absolute atomic E-state index is 12.3. The zero-order valence-electron chi connectivity index (χ0n) is 28.2. The molecule has 230 valence electrons. The van der Waals surface area contributed by atoms with Gasteiger partial charge < -0.3 is 4.74 Å². The van der Waals surface area contributed by atoms with Crippen LogP contribution in [0.25, 0.3) is 0 Å². The zero-order valence-corrected chi connectivity index (χ0v) is 28.2. The molecular formula is C38H66O2. The highest BCUT2D eigenvalue weighted by molar-refractivity contribution is 5.69. The summed E-state index contributed by atoms with van der Waals surface area (Å²) in [6.45, 7) is 22.6. The van der Waals surface area contributed by atoms with Crippen molar-refractivity contribution in [3.8, 4) is 0 Å². The van der Waals surface area contributed by atoms with Gasteiger partial charge in [0.2, 0.25) is 0 Å². The van der Waals surface area contributed by atoms with Gasteiger partial charge in [-0.3, -0.25) is 4.79 Å². The number of rotatable bonds is 14. The van der Waals surface area contributed by atoms with Crippen molar-refractivity contribution in [3.05, 3.63) is 22.8 Å². The van der Waals surface area contributed by atoms with Crippen molar-refractivity contribution in [2.24, 2.45) is 39.9 Å². The van der Waals surface area contributed by atoms with Gasteiger partial charge in [-0.15, -0.1) is 0 Å². The second-order valence-electron chi connectivity index (χ2n) is 15.5. The van der Waals surface area contributed by atoms with Crippen molar-refractivity contribution in [2.45, 2.75) is 165 Å². The van der Waals surface area contributed by atoms with Crippen LogP contribution in [0.5, 0.6) is 0 Å². The third kappa shape index (κ3) is 7.11. The fourth-order valence-electron chi connectivity index (χ4n) is 10.2. The van der Waals surface area contributed by atoms with Gasteiger partial charge in [-0.1, -0.05) is 83.1 Å². The second-order valence-corrected chi connectivity index (χ2v) is 15.5. The smallest absolute Gasteiger partial charge is 0.305 e. The molecule has 3 aliphatic rings. The van der Waals surface area contributed by atoms with Gasteiger partial charge in [-0.2, -0.15) is 0 Å². The Balaban J connectivity index is 1.67. The minimum absolute atomic E-state index is 0.0170. The molecule has 0 aromatic rings. The van der Waals surface area contributed by atoms with E-state index in [-0.39, 0.29) is 5.97 Å². The summed E-state index contributed by atoms with van der Waals surface area (Å²) in [6, 6.07) is 0. The van der Waals surface area contributed by atoms with E-state index in [1.54, 1.807) is 11.1 Å². The third-order valence-electron chi connectivity index (χ3n) is 12.7. The van der Waals surface area contributed by atoms with E-state index in [0.717, 1.165) is 37.0 Å². The molecule has 40 heavy (non-hydrogen) atoms. The van der Waals surface area contributed by atoms with Gasteiger partial charge in [-0.05, 0) is 138 Å². The Bertz CT molecular complexity index is 889. The first kappa shape index (κ1) is 33.5. The van der Waals surface area contributed by atoms with E-state index in [0.29, 0.717) is 35.2 Å². The molecule has 0 aliphatic heterocycles. The fraction of sp³-hybridized carbons (Fsp3) is 0.868. The average Bonchev–Trinajstić information content (AvgIpc) is 3.17. The largest absolute Gasteiger partial charge is 0.466 e. The Morgan fingerprint density at radius 3 is 2.35 bits per heavy atom. The lowest BCUT2D eigenvalue weighted by Crippen LogP contribution is -2.57. The van der Waals surface area contributed by atoms with Crippen LogP contribution in [-0.2, 0) is 9.53 Å². The highest BCUT2D eigenvalue weighted by Gasteiger charge is 2.66. The molecule has 0 spiro atoms. The molecule has 0 N–H and O–H groups in total. The molecule has 0 aromatic carbocycles. The lowest BCUT2D eigenvalue weighted by molar-refractivity contribution is -0.147. The van der Waals surface area contributed by atoms with Gasteiger partial charge in [0.15, 0.2) is 0 Å². The molecular weight excluding hydrogens is 488 g/mol. The minimum Gasteiger partial charge on any atom is -0.466 e. The van der Waals surface area contributed by atoms with E-state index < -0.39 is 0 Å². The van der Waals surface area contributed by atoms with Crippen LogP contribution >= 0.6 is 0 Å². The van der Waals surface area contributed by atoms with Crippen molar-refractivity contribution < 1.29 is 9.53 Å². The van der Waals surface area contributed by atoms with Crippen LogP contribution in [0.3, 0.4) is 0 Å². The van der Waals surface area contributed by atoms with E-state index in [1.807, 2.05) is 0 Å². The molecule has 3 rings (SSSR count). The summed E-state index contributed by atoms with van der Waals surface area (Å²) in [5.41, 5.74) is 6.00. The molecule has 3 fully saturated rings. The Kier molecular flexibility index (Phi) is 12.1. The highest BCUT2D eigenvalue weighted by Crippen LogP contribution is 2.74. The number of esters is 1. The lowest BCUT2D eigenvalue weighted by atomic mass is 9.40. The second kappa shape index (κ2) is 14.4. The van der Waals surface area contributed by atoms with Crippen molar-refractivity contribution >= 4 is 5.97 Å². The van der Waals surface area contributed by atoms with E-state index in [9.17, 15) is 4.79 Å². The Hall–Kier alpha value is -1.05. The minimum atomic E-state index is 0.0170. The van der Waals surface area contributed by atoms with Crippen LogP contribution in [0.15, 0.2) is 22.8 Å². The zero-order chi connectivity index (χ0) is 29.6. The summed E-state index contributed by atoms with van der Waals surface area (Å²) in [4.78, 5) is 12.3.